The summed E-state index contributed by atoms with van der Waals surface area (Å²) in [6, 6.07) is 16.3. The van der Waals surface area contributed by atoms with Gasteiger partial charge in [-0.2, -0.15) is 0 Å². The van der Waals surface area contributed by atoms with Gasteiger partial charge in [-0.1, -0.05) is 24.3 Å². The third-order valence-corrected chi connectivity index (χ3v) is 3.43. The zero-order chi connectivity index (χ0) is 14.1. The largest absolute Gasteiger partial charge is 0.326 e. The highest BCUT2D eigenvalue weighted by atomic mass is 15.5. The quantitative estimate of drug-likeness (QED) is 0.574. The van der Waals surface area contributed by atoms with Gasteiger partial charge in [0, 0.05) is 6.54 Å². The number of para-hydroxylation sites is 2. The Morgan fingerprint density at radius 2 is 1.76 bits per heavy atom. The lowest BCUT2D eigenvalue weighted by molar-refractivity contribution is 0.786. The second kappa shape index (κ2) is 4.82. The van der Waals surface area contributed by atoms with Crippen LogP contribution in [0.5, 0.6) is 0 Å². The molecule has 0 amide bonds. The van der Waals surface area contributed by atoms with Crippen LogP contribution in [0.4, 0.5) is 0 Å². The van der Waals surface area contributed by atoms with Gasteiger partial charge in [-0.05, 0) is 40.3 Å². The molecule has 21 heavy (non-hydrogen) atoms. The Balaban J connectivity index is 1.63. The van der Waals surface area contributed by atoms with Crippen molar-refractivity contribution < 1.29 is 0 Å². The highest BCUT2D eigenvalue weighted by Crippen LogP contribution is 2.15. The number of hydrogen-bond donors (Lipinski definition) is 0. The summed E-state index contributed by atoms with van der Waals surface area (Å²) >= 11 is 0. The fraction of sp³-hybridized carbons (Fsp3) is 0.0667. The molecule has 0 saturated carbocycles. The minimum Gasteiger partial charge on any atom is -0.326 e. The summed E-state index contributed by atoms with van der Waals surface area (Å²) in [7, 11) is 0. The smallest absolute Gasteiger partial charge is 0.143 e. The van der Waals surface area contributed by atoms with Crippen LogP contribution < -0.4 is 0 Å². The summed E-state index contributed by atoms with van der Waals surface area (Å²) < 4.78 is 3.78. The van der Waals surface area contributed by atoms with Crippen LogP contribution >= 0.6 is 0 Å². The first-order valence-electron chi connectivity index (χ1n) is 6.62. The molecular weight excluding hydrogens is 264 g/mol. The Labute approximate surface area is 120 Å². The van der Waals surface area contributed by atoms with Crippen molar-refractivity contribution in [1.29, 1.82) is 0 Å². The van der Waals surface area contributed by atoms with Crippen molar-refractivity contribution in [3.63, 3.8) is 0 Å². The molecule has 0 atom stereocenters. The molecule has 0 aliphatic carbocycles. The molecule has 0 saturated heterocycles. The predicted molar refractivity (Wildman–Crippen MR) is 78.0 cm³/mol. The van der Waals surface area contributed by atoms with Crippen LogP contribution in [0, 0.1) is 0 Å². The molecule has 6 nitrogen and oxygen atoms in total. The van der Waals surface area contributed by atoms with Crippen molar-refractivity contribution in [3.8, 4) is 5.69 Å². The fourth-order valence-corrected chi connectivity index (χ4v) is 2.37. The van der Waals surface area contributed by atoms with Crippen LogP contribution in [0.2, 0.25) is 0 Å². The summed E-state index contributed by atoms with van der Waals surface area (Å²) in [6.45, 7) is 0.788. The van der Waals surface area contributed by atoms with E-state index in [0.717, 1.165) is 23.3 Å². The molecule has 0 radical (unpaired) electrons. The first-order chi connectivity index (χ1) is 10.4. The second-order valence-electron chi connectivity index (χ2n) is 4.78. The van der Waals surface area contributed by atoms with Crippen molar-refractivity contribution in [2.75, 3.05) is 0 Å². The zero-order valence-corrected chi connectivity index (χ0v) is 11.2. The molecule has 6 heteroatoms. The predicted octanol–water partition coefficient (Wildman–Crippen LogP) is 2.06. The number of nitrogens with zero attached hydrogens (tertiary/aromatic N) is 6. The fourth-order valence-electron chi connectivity index (χ4n) is 2.37. The van der Waals surface area contributed by atoms with Crippen LogP contribution in [0.15, 0.2) is 61.2 Å². The van der Waals surface area contributed by atoms with E-state index in [1.165, 1.54) is 5.56 Å². The van der Waals surface area contributed by atoms with Gasteiger partial charge in [0.15, 0.2) is 0 Å². The molecule has 2 heterocycles. The minimum absolute atomic E-state index is 0.788. The van der Waals surface area contributed by atoms with Crippen molar-refractivity contribution in [1.82, 2.24) is 29.8 Å². The van der Waals surface area contributed by atoms with Crippen molar-refractivity contribution in [2.45, 2.75) is 6.54 Å². The van der Waals surface area contributed by atoms with Crippen molar-refractivity contribution in [3.05, 3.63) is 66.7 Å². The average Bonchev–Trinajstić information content (AvgIpc) is 3.19. The van der Waals surface area contributed by atoms with E-state index in [2.05, 4.69) is 43.3 Å². The van der Waals surface area contributed by atoms with Crippen LogP contribution in [0.1, 0.15) is 5.56 Å². The van der Waals surface area contributed by atoms with Gasteiger partial charge in [0.25, 0.3) is 0 Å². The maximum atomic E-state index is 4.41. The van der Waals surface area contributed by atoms with Gasteiger partial charge in [-0.25, -0.2) is 9.67 Å². The minimum atomic E-state index is 0.788. The highest BCUT2D eigenvalue weighted by Gasteiger charge is 2.03. The maximum absolute atomic E-state index is 4.41. The Hall–Kier alpha value is -3.02. The molecule has 0 bridgehead atoms. The van der Waals surface area contributed by atoms with E-state index in [9.17, 15) is 0 Å². The van der Waals surface area contributed by atoms with Crippen LogP contribution in [-0.2, 0) is 6.54 Å². The average molecular weight is 276 g/mol. The van der Waals surface area contributed by atoms with Gasteiger partial charge in [-0.15, -0.1) is 5.10 Å². The lowest BCUT2D eigenvalue weighted by Gasteiger charge is -2.06. The molecule has 102 valence electrons. The van der Waals surface area contributed by atoms with E-state index in [1.807, 2.05) is 36.7 Å². The maximum Gasteiger partial charge on any atom is 0.143 e. The van der Waals surface area contributed by atoms with Gasteiger partial charge >= 0.3 is 0 Å². The Bertz CT molecular complexity index is 861. The number of imidazole rings is 1. The van der Waals surface area contributed by atoms with E-state index < -0.39 is 0 Å². The molecule has 0 aliphatic heterocycles. The second-order valence-corrected chi connectivity index (χ2v) is 4.78. The zero-order valence-electron chi connectivity index (χ0n) is 11.2. The van der Waals surface area contributed by atoms with Crippen LogP contribution in [0.25, 0.3) is 16.7 Å². The van der Waals surface area contributed by atoms with Crippen LogP contribution in [-0.4, -0.2) is 29.8 Å². The molecule has 2 aromatic carbocycles. The third kappa shape index (κ3) is 2.16. The van der Waals surface area contributed by atoms with E-state index in [-0.39, 0.29) is 0 Å². The number of fused-ring (bicyclic) bond motifs is 1. The van der Waals surface area contributed by atoms with Gasteiger partial charge in [0.2, 0.25) is 0 Å². The third-order valence-electron chi connectivity index (χ3n) is 3.43. The monoisotopic (exact) mass is 276 g/mol. The summed E-state index contributed by atoms with van der Waals surface area (Å²) in [5, 5.41) is 11.1. The molecule has 0 N–H and O–H groups in total. The molecule has 0 fully saturated rings. The van der Waals surface area contributed by atoms with Gasteiger partial charge in [-0.3, -0.25) is 0 Å². The molecular formula is C15H12N6. The highest BCUT2D eigenvalue weighted by molar-refractivity contribution is 5.75. The summed E-state index contributed by atoms with van der Waals surface area (Å²) in [4.78, 5) is 4.41. The van der Waals surface area contributed by atoms with E-state index in [0.29, 0.717) is 0 Å². The van der Waals surface area contributed by atoms with Crippen molar-refractivity contribution in [2.24, 2.45) is 0 Å². The summed E-state index contributed by atoms with van der Waals surface area (Å²) in [5.74, 6) is 0. The number of hydrogen-bond acceptors (Lipinski definition) is 4. The normalized spacial score (nSPS) is 11.0. The van der Waals surface area contributed by atoms with Gasteiger partial charge < -0.3 is 4.57 Å². The van der Waals surface area contributed by atoms with Gasteiger partial charge in [0.1, 0.15) is 6.33 Å². The standard InChI is InChI=1S/C15H12N6/c1-2-4-15-14(3-1)16-10-20(15)9-12-5-7-13(8-6-12)21-11-17-18-19-21/h1-8,10-11H,9H2. The number of aromatic nitrogens is 6. The summed E-state index contributed by atoms with van der Waals surface area (Å²) in [6.07, 6.45) is 3.46. The molecule has 2 aromatic heterocycles. The first kappa shape index (κ1) is 11.8. The number of benzene rings is 2. The Morgan fingerprint density at radius 3 is 2.57 bits per heavy atom. The number of tetrazole rings is 1. The molecule has 4 rings (SSSR count). The van der Waals surface area contributed by atoms with E-state index in [4.69, 9.17) is 0 Å². The number of rotatable bonds is 3. The van der Waals surface area contributed by atoms with Gasteiger partial charge in [0.05, 0.1) is 23.0 Å². The summed E-state index contributed by atoms with van der Waals surface area (Å²) in [5.41, 5.74) is 4.30. The Kier molecular flexibility index (Phi) is 2.71. The van der Waals surface area contributed by atoms with E-state index in [1.54, 1.807) is 11.0 Å². The molecule has 0 unspecified atom stereocenters. The topological polar surface area (TPSA) is 61.4 Å². The van der Waals surface area contributed by atoms with E-state index >= 15 is 0 Å². The lowest BCUT2D eigenvalue weighted by atomic mass is 10.2. The van der Waals surface area contributed by atoms with Crippen LogP contribution in [0.3, 0.4) is 0 Å². The first-order valence-corrected chi connectivity index (χ1v) is 6.62. The van der Waals surface area contributed by atoms with Crippen molar-refractivity contribution >= 4 is 11.0 Å². The molecule has 0 aliphatic rings. The molecule has 4 aromatic rings. The lowest BCUT2D eigenvalue weighted by Crippen LogP contribution is -1.99. The SMILES string of the molecule is c1ccc2c(c1)ncn2Cc1ccc(-n2cnnn2)cc1. The Morgan fingerprint density at radius 1 is 0.905 bits per heavy atom. The molecule has 0 spiro atoms.